The molecule has 0 N–H and O–H groups in total. The van der Waals surface area contributed by atoms with E-state index in [9.17, 15) is 4.79 Å². The van der Waals surface area contributed by atoms with Gasteiger partial charge in [0, 0.05) is 11.6 Å². The van der Waals surface area contributed by atoms with Crippen LogP contribution < -0.4 is 0 Å². The van der Waals surface area contributed by atoms with E-state index < -0.39 is 0 Å². The minimum Gasteiger partial charge on any atom is -0.463 e. The zero-order valence-corrected chi connectivity index (χ0v) is 12.0. The van der Waals surface area contributed by atoms with Gasteiger partial charge in [0.15, 0.2) is 0 Å². The second kappa shape index (κ2) is 6.80. The highest BCUT2D eigenvalue weighted by atomic mass is 16.5. The fourth-order valence-electron chi connectivity index (χ4n) is 1.48. The molecule has 0 radical (unpaired) electrons. The van der Waals surface area contributed by atoms with Gasteiger partial charge in [-0.15, -0.1) is 0 Å². The molecule has 0 fully saturated rings. The maximum Gasteiger partial charge on any atom is 0.331 e. The van der Waals surface area contributed by atoms with Crippen LogP contribution in [0.1, 0.15) is 38.8 Å². The summed E-state index contributed by atoms with van der Waals surface area (Å²) in [6.07, 6.45) is 2.84. The van der Waals surface area contributed by atoms with Gasteiger partial charge in [0.2, 0.25) is 0 Å². The molecule has 1 rings (SSSR count). The molecular formula is C17H20O2. The topological polar surface area (TPSA) is 26.3 Å². The van der Waals surface area contributed by atoms with Crippen molar-refractivity contribution in [3.63, 3.8) is 0 Å². The van der Waals surface area contributed by atoms with E-state index in [1.807, 2.05) is 12.1 Å². The Morgan fingerprint density at radius 1 is 1.26 bits per heavy atom. The fourth-order valence-corrected chi connectivity index (χ4v) is 1.48. The summed E-state index contributed by atoms with van der Waals surface area (Å²) in [5.74, 6) is 5.43. The molecule has 0 bridgehead atoms. The van der Waals surface area contributed by atoms with E-state index in [-0.39, 0.29) is 11.4 Å². The van der Waals surface area contributed by atoms with Crippen molar-refractivity contribution in [3.8, 4) is 11.8 Å². The second-order valence-electron chi connectivity index (χ2n) is 5.18. The Morgan fingerprint density at radius 3 is 2.42 bits per heavy atom. The van der Waals surface area contributed by atoms with Crippen molar-refractivity contribution in [3.05, 3.63) is 47.5 Å². The van der Waals surface area contributed by atoms with Crippen molar-refractivity contribution >= 4 is 5.97 Å². The maximum absolute atomic E-state index is 11.0. The Hall–Kier alpha value is -2.01. The van der Waals surface area contributed by atoms with Crippen molar-refractivity contribution in [1.29, 1.82) is 0 Å². The summed E-state index contributed by atoms with van der Waals surface area (Å²) in [6, 6.07) is 8.15. The Balaban J connectivity index is 2.67. The van der Waals surface area contributed by atoms with Crippen LogP contribution in [0.3, 0.4) is 0 Å². The summed E-state index contributed by atoms with van der Waals surface area (Å²) >= 11 is 0. The predicted molar refractivity (Wildman–Crippen MR) is 77.8 cm³/mol. The first-order valence-corrected chi connectivity index (χ1v) is 6.39. The zero-order chi connectivity index (χ0) is 14.3. The van der Waals surface area contributed by atoms with Gasteiger partial charge in [-0.1, -0.05) is 44.7 Å². The Morgan fingerprint density at radius 2 is 1.89 bits per heavy atom. The largest absolute Gasteiger partial charge is 0.463 e. The molecule has 0 aromatic heterocycles. The lowest BCUT2D eigenvalue weighted by Gasteiger charge is -2.18. The van der Waals surface area contributed by atoms with Crippen LogP contribution >= 0.6 is 0 Å². The summed E-state index contributed by atoms with van der Waals surface area (Å²) in [6.45, 7) is 8.68. The van der Waals surface area contributed by atoms with Crippen molar-refractivity contribution in [2.45, 2.75) is 33.1 Å². The van der Waals surface area contributed by atoms with Gasteiger partial charge < -0.3 is 4.74 Å². The van der Waals surface area contributed by atoms with Gasteiger partial charge in [0.25, 0.3) is 0 Å². The number of allylic oxidation sites excluding steroid dienone is 1. The van der Waals surface area contributed by atoms with E-state index >= 15 is 0 Å². The average molecular weight is 256 g/mol. The third-order valence-electron chi connectivity index (χ3n) is 2.56. The normalized spacial score (nSPS) is 10.9. The first-order valence-electron chi connectivity index (χ1n) is 6.39. The van der Waals surface area contributed by atoms with E-state index in [1.54, 1.807) is 6.92 Å². The molecule has 0 heterocycles. The van der Waals surface area contributed by atoms with Crippen LogP contribution in [0.2, 0.25) is 0 Å². The highest BCUT2D eigenvalue weighted by molar-refractivity contribution is 5.82. The first kappa shape index (κ1) is 15.0. The Kier molecular flexibility index (Phi) is 5.38. The number of carbonyl (C=O) groups excluding carboxylic acids is 1. The molecule has 0 aliphatic rings. The van der Waals surface area contributed by atoms with Crippen LogP contribution in [-0.4, -0.2) is 12.6 Å². The maximum atomic E-state index is 11.0. The number of rotatable bonds is 2. The average Bonchev–Trinajstić information content (AvgIpc) is 2.34. The highest BCUT2D eigenvalue weighted by Crippen LogP contribution is 2.21. The monoisotopic (exact) mass is 256 g/mol. The number of hydrogen-bond donors (Lipinski definition) is 0. The molecule has 0 aliphatic heterocycles. The summed E-state index contributed by atoms with van der Waals surface area (Å²) < 4.78 is 4.75. The van der Waals surface area contributed by atoms with Crippen LogP contribution in [0.5, 0.6) is 0 Å². The lowest BCUT2D eigenvalue weighted by atomic mass is 9.87. The standard InChI is InChI=1S/C17H20O2/c1-5-19-16(18)9-7-6-8-14-10-12-15(13-11-14)17(2,3)4/h7,9-13H,5H2,1-4H3/b9-7-. The van der Waals surface area contributed by atoms with Crippen LogP contribution in [0.4, 0.5) is 0 Å². The summed E-state index contributed by atoms with van der Waals surface area (Å²) in [5, 5.41) is 0. The number of hydrogen-bond acceptors (Lipinski definition) is 2. The molecule has 0 amide bonds. The van der Waals surface area contributed by atoms with Crippen LogP contribution in [0.15, 0.2) is 36.4 Å². The molecule has 0 saturated heterocycles. The van der Waals surface area contributed by atoms with Gasteiger partial charge >= 0.3 is 5.97 Å². The molecule has 0 unspecified atom stereocenters. The first-order chi connectivity index (χ1) is 8.93. The molecule has 0 atom stereocenters. The lowest BCUT2D eigenvalue weighted by molar-refractivity contribution is -0.137. The quantitative estimate of drug-likeness (QED) is 0.460. The van der Waals surface area contributed by atoms with Crippen LogP contribution in [-0.2, 0) is 14.9 Å². The molecule has 19 heavy (non-hydrogen) atoms. The molecule has 100 valence electrons. The zero-order valence-electron chi connectivity index (χ0n) is 12.0. The summed E-state index contributed by atoms with van der Waals surface area (Å²) in [7, 11) is 0. The number of benzene rings is 1. The summed E-state index contributed by atoms with van der Waals surface area (Å²) in [4.78, 5) is 11.0. The van der Waals surface area contributed by atoms with Gasteiger partial charge in [-0.25, -0.2) is 4.79 Å². The Bertz CT molecular complexity index is 505. The number of ether oxygens (including phenoxy) is 1. The molecular weight excluding hydrogens is 236 g/mol. The van der Waals surface area contributed by atoms with Crippen LogP contribution in [0, 0.1) is 11.8 Å². The van der Waals surface area contributed by atoms with E-state index in [4.69, 9.17) is 4.74 Å². The third-order valence-corrected chi connectivity index (χ3v) is 2.56. The van der Waals surface area contributed by atoms with E-state index in [0.717, 1.165) is 5.56 Å². The number of esters is 1. The van der Waals surface area contributed by atoms with Gasteiger partial charge in [-0.2, -0.15) is 0 Å². The fraction of sp³-hybridized carbons (Fsp3) is 0.353. The minimum atomic E-state index is -0.361. The molecule has 0 aliphatic carbocycles. The molecule has 1 aromatic rings. The third kappa shape index (κ3) is 5.44. The Labute approximate surface area is 115 Å². The van der Waals surface area contributed by atoms with Crippen molar-refractivity contribution < 1.29 is 9.53 Å². The summed E-state index contributed by atoms with van der Waals surface area (Å²) in [5.41, 5.74) is 2.36. The smallest absolute Gasteiger partial charge is 0.331 e. The lowest BCUT2D eigenvalue weighted by Crippen LogP contribution is -2.10. The van der Waals surface area contributed by atoms with E-state index in [2.05, 4.69) is 44.7 Å². The number of carbonyl (C=O) groups is 1. The second-order valence-corrected chi connectivity index (χ2v) is 5.18. The molecule has 1 aromatic carbocycles. The SMILES string of the molecule is CCOC(=O)/C=C\C#Cc1ccc(C(C)(C)C)cc1. The van der Waals surface area contributed by atoms with Crippen LogP contribution in [0.25, 0.3) is 0 Å². The van der Waals surface area contributed by atoms with E-state index in [1.165, 1.54) is 17.7 Å². The molecule has 2 nitrogen and oxygen atoms in total. The van der Waals surface area contributed by atoms with E-state index in [0.29, 0.717) is 6.61 Å². The van der Waals surface area contributed by atoms with Crippen molar-refractivity contribution in [2.24, 2.45) is 0 Å². The molecule has 0 saturated carbocycles. The predicted octanol–water partition coefficient (Wildman–Crippen LogP) is 3.45. The highest BCUT2D eigenvalue weighted by Gasteiger charge is 2.12. The van der Waals surface area contributed by atoms with Gasteiger partial charge in [-0.05, 0) is 36.1 Å². The van der Waals surface area contributed by atoms with Gasteiger partial charge in [0.1, 0.15) is 0 Å². The van der Waals surface area contributed by atoms with Crippen molar-refractivity contribution in [1.82, 2.24) is 0 Å². The molecule has 2 heteroatoms. The molecule has 0 spiro atoms. The van der Waals surface area contributed by atoms with Gasteiger partial charge in [-0.3, -0.25) is 0 Å². The van der Waals surface area contributed by atoms with Gasteiger partial charge in [0.05, 0.1) is 6.61 Å². The minimum absolute atomic E-state index is 0.149. The van der Waals surface area contributed by atoms with Crippen molar-refractivity contribution in [2.75, 3.05) is 6.61 Å².